The van der Waals surface area contributed by atoms with Crippen molar-refractivity contribution in [2.45, 2.75) is 20.3 Å². The van der Waals surface area contributed by atoms with Crippen molar-refractivity contribution in [1.82, 2.24) is 19.3 Å². The highest BCUT2D eigenvalue weighted by molar-refractivity contribution is 7.89. The lowest BCUT2D eigenvalue weighted by atomic mass is 10.1. The number of nitrogens with one attached hydrogen (secondary N) is 1. The van der Waals surface area contributed by atoms with Crippen molar-refractivity contribution in [2.24, 2.45) is 0 Å². The number of hydrogen-bond acceptors (Lipinski definition) is 5. The quantitative estimate of drug-likeness (QED) is 0.740. The third-order valence-electron chi connectivity index (χ3n) is 3.62. The molecule has 0 aliphatic rings. The van der Waals surface area contributed by atoms with Crippen LogP contribution in [0.4, 0.5) is 0 Å². The molecule has 8 heteroatoms. The molecule has 0 spiro atoms. The first kappa shape index (κ1) is 16.1. The lowest BCUT2D eigenvalue weighted by molar-refractivity contribution is 0.582. The van der Waals surface area contributed by atoms with Gasteiger partial charge in [0.15, 0.2) is 5.82 Å². The molecule has 0 atom stereocenters. The molecule has 0 saturated carbocycles. The predicted molar refractivity (Wildman–Crippen MR) is 92.2 cm³/mol. The minimum Gasteiger partial charge on any atom is -0.215 e. The summed E-state index contributed by atoms with van der Waals surface area (Å²) >= 11 is 1.51. The molecule has 1 aromatic carbocycles. The van der Waals surface area contributed by atoms with Gasteiger partial charge in [0, 0.05) is 23.9 Å². The lowest BCUT2D eigenvalue weighted by Crippen LogP contribution is -2.27. The first-order valence-corrected chi connectivity index (χ1v) is 9.90. The van der Waals surface area contributed by atoms with E-state index >= 15 is 0 Å². The number of thiazole rings is 1. The van der Waals surface area contributed by atoms with E-state index in [4.69, 9.17) is 0 Å². The van der Waals surface area contributed by atoms with Gasteiger partial charge in [-0.05, 0) is 19.4 Å². The van der Waals surface area contributed by atoms with Crippen molar-refractivity contribution >= 4 is 26.3 Å². The summed E-state index contributed by atoms with van der Waals surface area (Å²) in [5.74, 6) is 0.789. The summed E-state index contributed by atoms with van der Waals surface area (Å²) in [5.41, 5.74) is 3.10. The molecule has 0 amide bonds. The maximum Gasteiger partial charge on any atom is 0.212 e. The second-order valence-corrected chi connectivity index (χ2v) is 8.15. The second-order valence-electron chi connectivity index (χ2n) is 5.22. The highest BCUT2D eigenvalue weighted by atomic mass is 32.2. The Morgan fingerprint density at radius 1 is 1.30 bits per heavy atom. The molecule has 2 heterocycles. The Hall–Kier alpha value is -1.77. The van der Waals surface area contributed by atoms with Crippen molar-refractivity contribution in [1.29, 1.82) is 0 Å². The van der Waals surface area contributed by atoms with E-state index in [1.54, 1.807) is 11.4 Å². The molecule has 122 valence electrons. The molecule has 2 aromatic heterocycles. The van der Waals surface area contributed by atoms with Crippen LogP contribution in [0.15, 0.2) is 29.6 Å². The molecule has 0 radical (unpaired) electrons. The molecule has 3 rings (SSSR count). The van der Waals surface area contributed by atoms with E-state index in [0.29, 0.717) is 18.8 Å². The van der Waals surface area contributed by atoms with Gasteiger partial charge >= 0.3 is 0 Å². The number of benzene rings is 1. The van der Waals surface area contributed by atoms with Crippen LogP contribution in [-0.4, -0.2) is 35.3 Å². The molecular formula is C15H18N4O2S2. The first-order valence-electron chi connectivity index (χ1n) is 7.36. The van der Waals surface area contributed by atoms with Gasteiger partial charge in [-0.3, -0.25) is 0 Å². The molecule has 6 nitrogen and oxygen atoms in total. The average Bonchev–Trinajstić information content (AvgIpc) is 3.09. The Bertz CT molecular complexity index is 928. The Morgan fingerprint density at radius 3 is 2.83 bits per heavy atom. The Morgan fingerprint density at radius 2 is 2.09 bits per heavy atom. The van der Waals surface area contributed by atoms with Gasteiger partial charge in [-0.15, -0.1) is 16.4 Å². The topological polar surface area (TPSA) is 76.4 Å². The predicted octanol–water partition coefficient (Wildman–Crippen LogP) is 2.25. The fourth-order valence-corrected chi connectivity index (χ4v) is 3.74. The van der Waals surface area contributed by atoms with Crippen LogP contribution in [0, 0.1) is 6.92 Å². The van der Waals surface area contributed by atoms with Gasteiger partial charge in [0.1, 0.15) is 0 Å². The van der Waals surface area contributed by atoms with Crippen LogP contribution in [0.25, 0.3) is 16.3 Å². The van der Waals surface area contributed by atoms with Gasteiger partial charge in [0.2, 0.25) is 15.0 Å². The van der Waals surface area contributed by atoms with Gasteiger partial charge in [-0.25, -0.2) is 17.7 Å². The highest BCUT2D eigenvalue weighted by Crippen LogP contribution is 2.23. The Balaban J connectivity index is 1.83. The SMILES string of the molecule is CCS(=O)(=O)NCCc1csc2nc(-c3ccccc3C)nn12. The van der Waals surface area contributed by atoms with Crippen molar-refractivity contribution < 1.29 is 8.42 Å². The monoisotopic (exact) mass is 350 g/mol. The minimum absolute atomic E-state index is 0.0901. The first-order chi connectivity index (χ1) is 11.0. The summed E-state index contributed by atoms with van der Waals surface area (Å²) in [4.78, 5) is 5.39. The van der Waals surface area contributed by atoms with Gasteiger partial charge in [0.25, 0.3) is 0 Å². The van der Waals surface area contributed by atoms with E-state index in [0.717, 1.165) is 21.8 Å². The van der Waals surface area contributed by atoms with Crippen LogP contribution in [0.3, 0.4) is 0 Å². The molecule has 3 aromatic rings. The lowest BCUT2D eigenvalue weighted by Gasteiger charge is -2.03. The van der Waals surface area contributed by atoms with E-state index in [2.05, 4.69) is 14.8 Å². The number of aryl methyl sites for hydroxylation is 1. The number of nitrogens with zero attached hydrogens (tertiary/aromatic N) is 3. The van der Waals surface area contributed by atoms with Crippen molar-refractivity contribution in [3.63, 3.8) is 0 Å². The van der Waals surface area contributed by atoms with Crippen LogP contribution >= 0.6 is 11.3 Å². The van der Waals surface area contributed by atoms with Crippen LogP contribution in [-0.2, 0) is 16.4 Å². The number of fused-ring (bicyclic) bond motifs is 1. The summed E-state index contributed by atoms with van der Waals surface area (Å²) in [6.07, 6.45) is 0.579. The summed E-state index contributed by atoms with van der Waals surface area (Å²) in [6.45, 7) is 4.02. The van der Waals surface area contributed by atoms with Gasteiger partial charge in [0.05, 0.1) is 11.4 Å². The van der Waals surface area contributed by atoms with E-state index in [-0.39, 0.29) is 5.75 Å². The van der Waals surface area contributed by atoms with E-state index in [1.807, 2.05) is 36.6 Å². The molecular weight excluding hydrogens is 332 g/mol. The van der Waals surface area contributed by atoms with Crippen LogP contribution in [0.1, 0.15) is 18.2 Å². The Kier molecular flexibility index (Phi) is 4.47. The molecule has 0 saturated heterocycles. The largest absolute Gasteiger partial charge is 0.215 e. The molecule has 0 fully saturated rings. The zero-order valence-corrected chi connectivity index (χ0v) is 14.6. The van der Waals surface area contributed by atoms with Crippen LogP contribution < -0.4 is 4.72 Å². The minimum atomic E-state index is -3.16. The molecule has 1 N–H and O–H groups in total. The summed E-state index contributed by atoms with van der Waals surface area (Å²) in [6, 6.07) is 8.00. The molecule has 0 bridgehead atoms. The zero-order valence-electron chi connectivity index (χ0n) is 13.0. The summed E-state index contributed by atoms with van der Waals surface area (Å²) in [7, 11) is -3.16. The smallest absolute Gasteiger partial charge is 0.212 e. The maximum absolute atomic E-state index is 11.5. The third-order valence-corrected chi connectivity index (χ3v) is 5.89. The molecule has 0 aliphatic carbocycles. The summed E-state index contributed by atoms with van der Waals surface area (Å²) in [5, 5.41) is 6.55. The van der Waals surface area contributed by atoms with E-state index in [1.165, 1.54) is 11.3 Å². The van der Waals surface area contributed by atoms with Gasteiger partial charge in [-0.1, -0.05) is 24.3 Å². The maximum atomic E-state index is 11.5. The fraction of sp³-hybridized carbons (Fsp3) is 0.333. The average molecular weight is 350 g/mol. The number of aromatic nitrogens is 3. The molecule has 0 unspecified atom stereocenters. The van der Waals surface area contributed by atoms with Gasteiger partial charge < -0.3 is 0 Å². The third kappa shape index (κ3) is 3.44. The highest BCUT2D eigenvalue weighted by Gasteiger charge is 2.13. The number of hydrogen-bond donors (Lipinski definition) is 1. The zero-order chi connectivity index (χ0) is 16.4. The van der Waals surface area contributed by atoms with Crippen LogP contribution in [0.5, 0.6) is 0 Å². The molecule has 23 heavy (non-hydrogen) atoms. The number of sulfonamides is 1. The van der Waals surface area contributed by atoms with Gasteiger partial charge in [-0.2, -0.15) is 4.98 Å². The van der Waals surface area contributed by atoms with E-state index < -0.39 is 10.0 Å². The molecule has 0 aliphatic heterocycles. The Labute approximate surface area is 139 Å². The standard InChI is InChI=1S/C15H18N4O2S2/c1-3-23(20,21)16-9-8-12-10-22-15-17-14(18-19(12)15)13-7-5-4-6-11(13)2/h4-7,10,16H,3,8-9H2,1-2H3. The fourth-order valence-electron chi connectivity index (χ4n) is 2.27. The summed E-state index contributed by atoms with van der Waals surface area (Å²) < 4.78 is 27.3. The normalized spacial score (nSPS) is 12.1. The second kappa shape index (κ2) is 6.38. The number of rotatable bonds is 6. The van der Waals surface area contributed by atoms with E-state index in [9.17, 15) is 8.42 Å². The van der Waals surface area contributed by atoms with Crippen molar-refractivity contribution in [3.8, 4) is 11.4 Å². The van der Waals surface area contributed by atoms with Crippen LogP contribution in [0.2, 0.25) is 0 Å². The van der Waals surface area contributed by atoms with Crippen molar-refractivity contribution in [3.05, 3.63) is 40.9 Å². The van der Waals surface area contributed by atoms with Crippen molar-refractivity contribution in [2.75, 3.05) is 12.3 Å².